The van der Waals surface area contributed by atoms with Crippen molar-refractivity contribution in [2.45, 2.75) is 37.6 Å². The van der Waals surface area contributed by atoms with E-state index in [9.17, 15) is 4.79 Å². The van der Waals surface area contributed by atoms with Crippen LogP contribution in [-0.4, -0.2) is 6.03 Å². The highest BCUT2D eigenvalue weighted by Gasteiger charge is 2.42. The molecule has 1 fully saturated rings. The molecule has 5 heteroatoms. The van der Waals surface area contributed by atoms with Gasteiger partial charge in [0.1, 0.15) is 0 Å². The molecular weight excluding hydrogens is 334 g/mol. The first-order valence-electron chi connectivity index (χ1n) is 8.53. The zero-order chi connectivity index (χ0) is 17.4. The zero-order valence-corrected chi connectivity index (χ0v) is 14.5. The molecule has 0 saturated heterocycles. The van der Waals surface area contributed by atoms with Crippen molar-refractivity contribution < 1.29 is 4.79 Å². The third-order valence-corrected chi connectivity index (χ3v) is 5.53. The number of benzene rings is 2. The van der Waals surface area contributed by atoms with E-state index in [4.69, 9.17) is 18.2 Å². The standard InChI is InChI=1S/C20H18ClN3O/c1-22-14-7-5-6-13(12-14)15-8-9-16(21)18-17(15)20(24-19(25)23-18)10-3-2-4-11-20/h5-9,12H,2-4,10-11H2,(H2,23,24,25). The summed E-state index contributed by atoms with van der Waals surface area (Å²) in [6.45, 7) is 7.28. The summed E-state index contributed by atoms with van der Waals surface area (Å²) in [5.41, 5.74) is 3.99. The average molecular weight is 352 g/mol. The number of carbonyl (C=O) groups excluding carboxylic acids is 1. The maximum absolute atomic E-state index is 12.3. The maximum Gasteiger partial charge on any atom is 0.319 e. The Bertz CT molecular complexity index is 894. The van der Waals surface area contributed by atoms with Gasteiger partial charge in [0, 0.05) is 5.56 Å². The summed E-state index contributed by atoms with van der Waals surface area (Å²) in [4.78, 5) is 15.8. The normalized spacial score (nSPS) is 18.0. The number of hydrogen-bond acceptors (Lipinski definition) is 1. The molecule has 2 aromatic rings. The molecule has 1 spiro atoms. The molecule has 0 aromatic heterocycles. The highest BCUT2D eigenvalue weighted by Crippen LogP contribution is 2.49. The predicted molar refractivity (Wildman–Crippen MR) is 100 cm³/mol. The topological polar surface area (TPSA) is 45.5 Å². The van der Waals surface area contributed by atoms with E-state index in [2.05, 4.69) is 15.5 Å². The number of carbonyl (C=O) groups is 1. The van der Waals surface area contributed by atoms with Crippen molar-refractivity contribution in [3.63, 3.8) is 0 Å². The molecule has 1 aliphatic carbocycles. The number of hydrogen-bond donors (Lipinski definition) is 2. The molecule has 2 N–H and O–H groups in total. The van der Waals surface area contributed by atoms with Crippen LogP contribution in [0.25, 0.3) is 16.0 Å². The lowest BCUT2D eigenvalue weighted by molar-refractivity contribution is 0.209. The number of fused-ring (bicyclic) bond motifs is 2. The van der Waals surface area contributed by atoms with E-state index in [1.807, 2.05) is 30.3 Å². The molecule has 2 amide bonds. The number of amides is 2. The highest BCUT2D eigenvalue weighted by atomic mass is 35.5. The first-order valence-corrected chi connectivity index (χ1v) is 8.91. The van der Waals surface area contributed by atoms with Gasteiger partial charge in [0.05, 0.1) is 22.8 Å². The third kappa shape index (κ3) is 2.65. The summed E-state index contributed by atoms with van der Waals surface area (Å²) in [5, 5.41) is 6.64. The monoisotopic (exact) mass is 351 g/mol. The molecule has 2 aliphatic rings. The van der Waals surface area contributed by atoms with Crippen molar-refractivity contribution in [3.8, 4) is 11.1 Å². The largest absolute Gasteiger partial charge is 0.328 e. The van der Waals surface area contributed by atoms with Crippen molar-refractivity contribution in [2.75, 3.05) is 5.32 Å². The van der Waals surface area contributed by atoms with Crippen LogP contribution in [0.3, 0.4) is 0 Å². The summed E-state index contributed by atoms with van der Waals surface area (Å²) in [7, 11) is 0. The smallest absolute Gasteiger partial charge is 0.319 e. The fraction of sp³-hybridized carbons (Fsp3) is 0.300. The molecule has 0 radical (unpaired) electrons. The summed E-state index contributed by atoms with van der Waals surface area (Å²) in [5.74, 6) is 0. The molecule has 4 rings (SSSR count). The Balaban J connectivity index is 1.97. The van der Waals surface area contributed by atoms with Crippen LogP contribution in [0.4, 0.5) is 16.2 Å². The van der Waals surface area contributed by atoms with E-state index >= 15 is 0 Å². The number of anilines is 1. The lowest BCUT2D eigenvalue weighted by atomic mass is 9.72. The third-order valence-electron chi connectivity index (χ3n) is 5.22. The first kappa shape index (κ1) is 16.0. The molecule has 0 atom stereocenters. The minimum Gasteiger partial charge on any atom is -0.328 e. The Morgan fingerprint density at radius 3 is 2.68 bits per heavy atom. The van der Waals surface area contributed by atoms with Crippen molar-refractivity contribution in [1.29, 1.82) is 0 Å². The minimum atomic E-state index is -0.385. The Morgan fingerprint density at radius 1 is 1.12 bits per heavy atom. The van der Waals surface area contributed by atoms with Crippen LogP contribution < -0.4 is 10.6 Å². The van der Waals surface area contributed by atoms with E-state index in [0.29, 0.717) is 16.4 Å². The molecule has 4 nitrogen and oxygen atoms in total. The number of rotatable bonds is 1. The van der Waals surface area contributed by atoms with Gasteiger partial charge in [0.25, 0.3) is 0 Å². The van der Waals surface area contributed by atoms with Gasteiger partial charge in [-0.05, 0) is 36.1 Å². The second-order valence-corrected chi connectivity index (χ2v) is 7.14. The van der Waals surface area contributed by atoms with Gasteiger partial charge in [-0.3, -0.25) is 0 Å². The second kappa shape index (κ2) is 6.09. The van der Waals surface area contributed by atoms with E-state index in [-0.39, 0.29) is 11.6 Å². The average Bonchev–Trinajstić information content (AvgIpc) is 2.63. The van der Waals surface area contributed by atoms with Crippen LogP contribution in [0.5, 0.6) is 0 Å². The number of halogens is 1. The Labute approximate surface area is 152 Å². The Morgan fingerprint density at radius 2 is 1.92 bits per heavy atom. The predicted octanol–water partition coefficient (Wildman–Crippen LogP) is 5.85. The molecule has 25 heavy (non-hydrogen) atoms. The number of nitrogens with zero attached hydrogens (tertiary/aromatic N) is 1. The van der Waals surface area contributed by atoms with E-state index < -0.39 is 0 Å². The Kier molecular flexibility index (Phi) is 3.89. The number of urea groups is 1. The quantitative estimate of drug-likeness (QED) is 0.622. The molecule has 0 unspecified atom stereocenters. The van der Waals surface area contributed by atoms with Crippen molar-refractivity contribution >= 4 is 29.0 Å². The molecule has 2 aromatic carbocycles. The number of nitrogens with one attached hydrogen (secondary N) is 2. The van der Waals surface area contributed by atoms with Gasteiger partial charge in [-0.25, -0.2) is 9.64 Å². The van der Waals surface area contributed by atoms with Gasteiger partial charge >= 0.3 is 6.03 Å². The van der Waals surface area contributed by atoms with Gasteiger partial charge in [0.2, 0.25) is 0 Å². The summed E-state index contributed by atoms with van der Waals surface area (Å²) >= 11 is 6.44. The molecule has 1 saturated carbocycles. The molecule has 1 aliphatic heterocycles. The van der Waals surface area contributed by atoms with Crippen LogP contribution in [0.1, 0.15) is 37.7 Å². The first-order chi connectivity index (χ1) is 12.1. The summed E-state index contributed by atoms with van der Waals surface area (Å²) in [6.07, 6.45) is 5.15. The van der Waals surface area contributed by atoms with Crippen LogP contribution >= 0.6 is 11.6 Å². The molecular formula is C20H18ClN3O. The lowest BCUT2D eigenvalue weighted by Gasteiger charge is -2.44. The summed E-state index contributed by atoms with van der Waals surface area (Å²) < 4.78 is 0. The molecule has 0 bridgehead atoms. The fourth-order valence-corrected chi connectivity index (χ4v) is 4.34. The minimum absolute atomic E-state index is 0.191. The molecule has 1 heterocycles. The van der Waals surface area contributed by atoms with Gasteiger partial charge in [-0.1, -0.05) is 55.1 Å². The van der Waals surface area contributed by atoms with Crippen LogP contribution in [0, 0.1) is 6.57 Å². The van der Waals surface area contributed by atoms with E-state index in [1.54, 1.807) is 6.07 Å². The SMILES string of the molecule is [C-]#[N+]c1cccc(-c2ccc(Cl)c3c2C2(CCCCC2)NC(=O)N3)c1. The van der Waals surface area contributed by atoms with E-state index in [1.165, 1.54) is 6.42 Å². The van der Waals surface area contributed by atoms with Crippen LogP contribution in [-0.2, 0) is 5.54 Å². The van der Waals surface area contributed by atoms with Gasteiger partial charge < -0.3 is 10.6 Å². The fourth-order valence-electron chi connectivity index (χ4n) is 4.14. The van der Waals surface area contributed by atoms with Crippen molar-refractivity contribution in [2.24, 2.45) is 0 Å². The maximum atomic E-state index is 12.3. The highest BCUT2D eigenvalue weighted by molar-refractivity contribution is 6.34. The van der Waals surface area contributed by atoms with Gasteiger partial charge in [0.15, 0.2) is 5.69 Å². The Hall–Kier alpha value is -2.51. The second-order valence-electron chi connectivity index (χ2n) is 6.73. The van der Waals surface area contributed by atoms with Crippen molar-refractivity contribution in [3.05, 3.63) is 58.4 Å². The van der Waals surface area contributed by atoms with Crippen LogP contribution in [0.15, 0.2) is 36.4 Å². The van der Waals surface area contributed by atoms with Gasteiger partial charge in [-0.2, -0.15) is 0 Å². The van der Waals surface area contributed by atoms with Crippen LogP contribution in [0.2, 0.25) is 5.02 Å². The van der Waals surface area contributed by atoms with Crippen molar-refractivity contribution in [1.82, 2.24) is 5.32 Å². The lowest BCUT2D eigenvalue weighted by Crippen LogP contribution is -2.53. The van der Waals surface area contributed by atoms with E-state index in [0.717, 1.165) is 42.4 Å². The molecule has 126 valence electrons. The summed E-state index contributed by atoms with van der Waals surface area (Å²) in [6, 6.07) is 11.2. The van der Waals surface area contributed by atoms with Gasteiger partial charge in [-0.15, -0.1) is 0 Å². The zero-order valence-electron chi connectivity index (χ0n) is 13.7.